The van der Waals surface area contributed by atoms with Gasteiger partial charge in [-0.2, -0.15) is 5.26 Å². The fourth-order valence-electron chi connectivity index (χ4n) is 1.85. The fourth-order valence-corrected chi connectivity index (χ4v) is 1.85. The zero-order valence-electron chi connectivity index (χ0n) is 10.5. The molecule has 6 heteroatoms. The normalized spacial score (nSPS) is 11.9. The van der Waals surface area contributed by atoms with E-state index in [-0.39, 0.29) is 25.0 Å². The van der Waals surface area contributed by atoms with Crippen LogP contribution < -0.4 is 19.9 Å². The Morgan fingerprint density at radius 2 is 2.15 bits per heavy atom. The zero-order chi connectivity index (χ0) is 13.9. The molecule has 0 spiro atoms. The van der Waals surface area contributed by atoms with E-state index in [1.165, 1.54) is 6.20 Å². The molecule has 0 amide bonds. The molecule has 0 saturated carbocycles. The zero-order valence-corrected chi connectivity index (χ0v) is 10.5. The van der Waals surface area contributed by atoms with E-state index in [2.05, 4.69) is 4.98 Å². The minimum Gasteiger partial charge on any atom is -0.471 e. The summed E-state index contributed by atoms with van der Waals surface area (Å²) in [5.41, 5.74) is 7.29. The van der Waals surface area contributed by atoms with Crippen molar-refractivity contribution in [2.45, 2.75) is 6.61 Å². The predicted octanol–water partition coefficient (Wildman–Crippen LogP) is 1.84. The Hall–Kier alpha value is -2.94. The van der Waals surface area contributed by atoms with Gasteiger partial charge in [0.25, 0.3) is 0 Å². The average molecular weight is 269 g/mol. The van der Waals surface area contributed by atoms with Crippen molar-refractivity contribution < 1.29 is 14.2 Å². The van der Waals surface area contributed by atoms with Gasteiger partial charge in [-0.1, -0.05) is 6.07 Å². The highest BCUT2D eigenvalue weighted by molar-refractivity contribution is 5.59. The quantitative estimate of drug-likeness (QED) is 0.914. The molecular weight excluding hydrogens is 258 g/mol. The van der Waals surface area contributed by atoms with Crippen LogP contribution in [-0.4, -0.2) is 11.8 Å². The van der Waals surface area contributed by atoms with Crippen molar-refractivity contribution in [3.05, 3.63) is 41.6 Å². The van der Waals surface area contributed by atoms with Gasteiger partial charge in [0.2, 0.25) is 12.7 Å². The number of rotatable bonds is 3. The number of nitriles is 1. The second-order valence-corrected chi connectivity index (χ2v) is 4.17. The van der Waals surface area contributed by atoms with Gasteiger partial charge in [0, 0.05) is 6.20 Å². The van der Waals surface area contributed by atoms with E-state index in [9.17, 15) is 0 Å². The first-order valence-corrected chi connectivity index (χ1v) is 5.94. The van der Waals surface area contributed by atoms with E-state index in [1.807, 2.05) is 24.3 Å². The van der Waals surface area contributed by atoms with Crippen molar-refractivity contribution in [3.8, 4) is 23.4 Å². The first-order valence-electron chi connectivity index (χ1n) is 5.94. The lowest BCUT2D eigenvalue weighted by molar-refractivity contribution is 0.174. The van der Waals surface area contributed by atoms with E-state index in [0.29, 0.717) is 11.3 Å². The number of ether oxygens (including phenoxy) is 3. The maximum atomic E-state index is 8.89. The minimum absolute atomic E-state index is 0.234. The number of fused-ring (bicyclic) bond motifs is 1. The number of nitrogens with zero attached hydrogens (tertiary/aromatic N) is 2. The largest absolute Gasteiger partial charge is 0.471 e. The highest BCUT2D eigenvalue weighted by atomic mass is 16.7. The summed E-state index contributed by atoms with van der Waals surface area (Å²) in [6.45, 7) is 0.515. The summed E-state index contributed by atoms with van der Waals surface area (Å²) in [5, 5.41) is 8.89. The number of aromatic nitrogens is 1. The monoisotopic (exact) mass is 269 g/mol. The van der Waals surface area contributed by atoms with E-state index >= 15 is 0 Å². The van der Waals surface area contributed by atoms with Crippen LogP contribution in [0.1, 0.15) is 11.1 Å². The molecule has 0 saturated heterocycles. The second-order valence-electron chi connectivity index (χ2n) is 4.17. The summed E-state index contributed by atoms with van der Waals surface area (Å²) in [6, 6.07) is 9.07. The molecule has 0 atom stereocenters. The van der Waals surface area contributed by atoms with Gasteiger partial charge in [-0.05, 0) is 23.8 Å². The first kappa shape index (κ1) is 12.1. The number of nitrogens with two attached hydrogens (primary N) is 1. The van der Waals surface area contributed by atoms with Crippen LogP contribution in [0.2, 0.25) is 0 Å². The Balaban J connectivity index is 1.76. The molecule has 2 aromatic rings. The maximum absolute atomic E-state index is 8.89. The van der Waals surface area contributed by atoms with Crippen molar-refractivity contribution in [3.63, 3.8) is 0 Å². The van der Waals surface area contributed by atoms with Crippen LogP contribution in [0.3, 0.4) is 0 Å². The third kappa shape index (κ3) is 2.17. The van der Waals surface area contributed by atoms with Crippen LogP contribution in [0.5, 0.6) is 17.4 Å². The van der Waals surface area contributed by atoms with Crippen LogP contribution in [0, 0.1) is 11.3 Å². The molecule has 0 radical (unpaired) electrons. The SMILES string of the molecule is N#Cc1ccnc(OCc2ccc3c(c2)OCO3)c1N. The summed E-state index contributed by atoms with van der Waals surface area (Å²) in [4.78, 5) is 4.02. The lowest BCUT2D eigenvalue weighted by atomic mass is 10.2. The highest BCUT2D eigenvalue weighted by Gasteiger charge is 2.14. The summed E-state index contributed by atoms with van der Waals surface area (Å²) in [5.74, 6) is 1.66. The van der Waals surface area contributed by atoms with Crippen molar-refractivity contribution in [1.82, 2.24) is 4.98 Å². The Bertz CT molecular complexity index is 695. The second kappa shape index (κ2) is 4.97. The summed E-state index contributed by atoms with van der Waals surface area (Å²) in [7, 11) is 0. The van der Waals surface area contributed by atoms with Crippen molar-refractivity contribution >= 4 is 5.69 Å². The topological polar surface area (TPSA) is 90.4 Å². The minimum atomic E-state index is 0.234. The number of benzene rings is 1. The standard InChI is InChI=1S/C14H11N3O3/c15-6-10-3-4-17-14(13(10)16)18-7-9-1-2-11-12(5-9)20-8-19-11/h1-5H,7-8,16H2. The molecule has 1 aromatic carbocycles. The smallest absolute Gasteiger partial charge is 0.238 e. The van der Waals surface area contributed by atoms with E-state index in [1.54, 1.807) is 6.07 Å². The van der Waals surface area contributed by atoms with Gasteiger partial charge in [-0.25, -0.2) is 4.98 Å². The van der Waals surface area contributed by atoms with Gasteiger partial charge >= 0.3 is 0 Å². The average Bonchev–Trinajstić information content (AvgIpc) is 2.93. The summed E-state index contributed by atoms with van der Waals surface area (Å²) in [6.07, 6.45) is 1.49. The lowest BCUT2D eigenvalue weighted by Gasteiger charge is -2.08. The Morgan fingerprint density at radius 1 is 1.30 bits per heavy atom. The van der Waals surface area contributed by atoms with Crippen LogP contribution in [0.15, 0.2) is 30.5 Å². The molecule has 0 aliphatic carbocycles. The molecule has 0 unspecified atom stereocenters. The van der Waals surface area contributed by atoms with Gasteiger partial charge in [0.05, 0.1) is 5.56 Å². The van der Waals surface area contributed by atoms with Crippen LogP contribution in [0.25, 0.3) is 0 Å². The molecule has 20 heavy (non-hydrogen) atoms. The molecule has 2 heterocycles. The third-order valence-corrected chi connectivity index (χ3v) is 2.89. The van der Waals surface area contributed by atoms with Crippen LogP contribution in [0.4, 0.5) is 5.69 Å². The number of nitrogen functional groups attached to an aromatic ring is 1. The maximum Gasteiger partial charge on any atom is 0.238 e. The van der Waals surface area contributed by atoms with Gasteiger partial charge in [-0.3, -0.25) is 0 Å². The Morgan fingerprint density at radius 3 is 3.00 bits per heavy atom. The van der Waals surface area contributed by atoms with Gasteiger partial charge in [0.15, 0.2) is 11.5 Å². The highest BCUT2D eigenvalue weighted by Crippen LogP contribution is 2.33. The molecule has 3 rings (SSSR count). The number of pyridine rings is 1. The van der Waals surface area contributed by atoms with E-state index in [4.69, 9.17) is 25.2 Å². The van der Waals surface area contributed by atoms with Gasteiger partial charge in [0.1, 0.15) is 18.4 Å². The Kier molecular flexibility index (Phi) is 3.01. The molecular formula is C14H11N3O3. The molecule has 1 aromatic heterocycles. The molecule has 100 valence electrons. The molecule has 1 aliphatic rings. The van der Waals surface area contributed by atoms with Crippen molar-refractivity contribution in [2.24, 2.45) is 0 Å². The number of anilines is 1. The predicted molar refractivity (Wildman–Crippen MR) is 70.3 cm³/mol. The van der Waals surface area contributed by atoms with E-state index in [0.717, 1.165) is 11.3 Å². The van der Waals surface area contributed by atoms with Crippen LogP contribution in [-0.2, 0) is 6.61 Å². The van der Waals surface area contributed by atoms with Gasteiger partial charge in [-0.15, -0.1) is 0 Å². The van der Waals surface area contributed by atoms with Crippen molar-refractivity contribution in [1.29, 1.82) is 5.26 Å². The van der Waals surface area contributed by atoms with Crippen LogP contribution >= 0.6 is 0 Å². The molecule has 6 nitrogen and oxygen atoms in total. The third-order valence-electron chi connectivity index (χ3n) is 2.89. The lowest BCUT2D eigenvalue weighted by Crippen LogP contribution is -2.02. The van der Waals surface area contributed by atoms with E-state index < -0.39 is 0 Å². The molecule has 0 bridgehead atoms. The molecule has 0 fully saturated rings. The first-order chi connectivity index (χ1) is 9.78. The number of hydrogen-bond acceptors (Lipinski definition) is 6. The Labute approximate surface area is 115 Å². The fraction of sp³-hybridized carbons (Fsp3) is 0.143. The number of hydrogen-bond donors (Lipinski definition) is 1. The molecule has 2 N–H and O–H groups in total. The summed E-state index contributed by atoms with van der Waals surface area (Å²) < 4.78 is 16.1. The van der Waals surface area contributed by atoms with Gasteiger partial charge < -0.3 is 19.9 Å². The molecule has 1 aliphatic heterocycles. The summed E-state index contributed by atoms with van der Waals surface area (Å²) >= 11 is 0. The van der Waals surface area contributed by atoms with Crippen molar-refractivity contribution in [2.75, 3.05) is 12.5 Å².